The average Bonchev–Trinajstić information content (AvgIpc) is 3.22. The van der Waals surface area contributed by atoms with E-state index in [4.69, 9.17) is 21.3 Å². The number of hydrogen-bond donors (Lipinski definition) is 0. The maximum Gasteiger partial charge on any atom is 0.256 e. The number of rotatable bonds is 5. The van der Waals surface area contributed by atoms with E-state index in [-0.39, 0.29) is 11.9 Å². The molecule has 3 heterocycles. The molecule has 28 heavy (non-hydrogen) atoms. The molecule has 1 saturated carbocycles. The highest BCUT2D eigenvalue weighted by molar-refractivity contribution is 7.13. The minimum Gasteiger partial charge on any atom is -0.378 e. The van der Waals surface area contributed by atoms with Crippen LogP contribution < -0.4 is 4.90 Å². The Kier molecular flexibility index (Phi) is 6.44. The van der Waals surface area contributed by atoms with Crippen LogP contribution in [0.3, 0.4) is 0 Å². The monoisotopic (exact) mass is 420 g/mol. The van der Waals surface area contributed by atoms with Crippen LogP contribution in [0.2, 0.25) is 5.15 Å². The zero-order chi connectivity index (χ0) is 19.3. The number of aromatic nitrogens is 2. The van der Waals surface area contributed by atoms with E-state index in [9.17, 15) is 4.79 Å². The van der Waals surface area contributed by atoms with Crippen molar-refractivity contribution in [3.63, 3.8) is 0 Å². The van der Waals surface area contributed by atoms with Crippen molar-refractivity contribution < 1.29 is 9.53 Å². The van der Waals surface area contributed by atoms with Crippen molar-refractivity contribution in [2.24, 2.45) is 0 Å². The van der Waals surface area contributed by atoms with Crippen LogP contribution in [0, 0.1) is 0 Å². The van der Waals surface area contributed by atoms with Gasteiger partial charge in [-0.05, 0) is 25.0 Å². The summed E-state index contributed by atoms with van der Waals surface area (Å²) < 4.78 is 5.43. The number of morpholine rings is 1. The molecule has 2 aromatic rings. The summed E-state index contributed by atoms with van der Waals surface area (Å²) in [6.45, 7) is 3.76. The lowest BCUT2D eigenvalue weighted by Gasteiger charge is -2.34. The molecule has 1 amide bonds. The largest absolute Gasteiger partial charge is 0.378 e. The number of thiazole rings is 1. The van der Waals surface area contributed by atoms with Crippen molar-refractivity contribution in [3.8, 4) is 0 Å². The minimum atomic E-state index is 0.0111. The van der Waals surface area contributed by atoms with Crippen molar-refractivity contribution >= 4 is 34.0 Å². The van der Waals surface area contributed by atoms with Crippen molar-refractivity contribution in [2.45, 2.75) is 44.7 Å². The Labute approximate surface area is 174 Å². The van der Waals surface area contributed by atoms with Gasteiger partial charge in [0.2, 0.25) is 0 Å². The summed E-state index contributed by atoms with van der Waals surface area (Å²) >= 11 is 7.54. The van der Waals surface area contributed by atoms with Crippen molar-refractivity contribution in [1.29, 1.82) is 0 Å². The summed E-state index contributed by atoms with van der Waals surface area (Å²) in [5, 5.41) is 3.49. The number of hydrogen-bond acceptors (Lipinski definition) is 6. The van der Waals surface area contributed by atoms with Crippen LogP contribution in [0.25, 0.3) is 0 Å². The molecule has 0 aromatic carbocycles. The predicted molar refractivity (Wildman–Crippen MR) is 111 cm³/mol. The van der Waals surface area contributed by atoms with Gasteiger partial charge in [-0.15, -0.1) is 11.3 Å². The van der Waals surface area contributed by atoms with Crippen LogP contribution in [0.15, 0.2) is 23.7 Å². The van der Waals surface area contributed by atoms with Gasteiger partial charge in [0.1, 0.15) is 5.15 Å². The molecule has 0 unspecified atom stereocenters. The smallest absolute Gasteiger partial charge is 0.256 e. The molecule has 4 rings (SSSR count). The Hall–Kier alpha value is -1.70. The highest BCUT2D eigenvalue weighted by atomic mass is 35.5. The molecule has 2 aliphatic rings. The lowest BCUT2D eigenvalue weighted by atomic mass is 9.93. The first-order valence-corrected chi connectivity index (χ1v) is 11.2. The Bertz CT molecular complexity index is 786. The van der Waals surface area contributed by atoms with Gasteiger partial charge in [-0.25, -0.2) is 9.97 Å². The molecular weight excluding hydrogens is 396 g/mol. The maximum absolute atomic E-state index is 13.3. The lowest BCUT2D eigenvalue weighted by Crippen LogP contribution is -2.41. The van der Waals surface area contributed by atoms with E-state index in [1.807, 2.05) is 4.90 Å². The molecule has 0 atom stereocenters. The Balaban J connectivity index is 1.52. The number of halogens is 1. The summed E-state index contributed by atoms with van der Waals surface area (Å²) in [6, 6.07) is 3.69. The van der Waals surface area contributed by atoms with Crippen molar-refractivity contribution in [2.75, 3.05) is 31.2 Å². The number of ether oxygens (including phenoxy) is 1. The van der Waals surface area contributed by atoms with Crippen molar-refractivity contribution in [3.05, 3.63) is 40.1 Å². The number of nitrogens with zero attached hydrogens (tertiary/aromatic N) is 4. The van der Waals surface area contributed by atoms with Gasteiger partial charge in [-0.2, -0.15) is 0 Å². The van der Waals surface area contributed by atoms with Gasteiger partial charge in [0.25, 0.3) is 5.91 Å². The number of anilines is 1. The van der Waals surface area contributed by atoms with E-state index < -0.39 is 0 Å². The topological polar surface area (TPSA) is 58.6 Å². The van der Waals surface area contributed by atoms with Gasteiger partial charge in [0.05, 0.1) is 31.0 Å². The summed E-state index contributed by atoms with van der Waals surface area (Å²) in [4.78, 5) is 26.4. The zero-order valence-electron chi connectivity index (χ0n) is 15.8. The molecule has 1 saturated heterocycles. The third kappa shape index (κ3) is 4.64. The van der Waals surface area contributed by atoms with Gasteiger partial charge >= 0.3 is 0 Å². The SMILES string of the molecule is O=C(c1ccc(Cl)nc1)N(Cc1csc(N2CCOCC2)n1)C1CCCCC1. The number of carbonyl (C=O) groups excluding carboxylic acids is 1. The van der Waals surface area contributed by atoms with Crippen LogP contribution in [0.5, 0.6) is 0 Å². The second-order valence-electron chi connectivity index (χ2n) is 7.32. The van der Waals surface area contributed by atoms with Gasteiger partial charge in [-0.1, -0.05) is 30.9 Å². The molecule has 6 nitrogen and oxygen atoms in total. The van der Waals surface area contributed by atoms with Gasteiger partial charge in [-0.3, -0.25) is 4.79 Å². The Morgan fingerprint density at radius 2 is 2.04 bits per heavy atom. The van der Waals surface area contributed by atoms with E-state index in [1.54, 1.807) is 29.7 Å². The zero-order valence-corrected chi connectivity index (χ0v) is 17.4. The molecule has 150 valence electrons. The number of carbonyl (C=O) groups is 1. The third-order valence-corrected chi connectivity index (χ3v) is 6.58. The van der Waals surface area contributed by atoms with E-state index in [0.29, 0.717) is 17.3 Å². The third-order valence-electron chi connectivity index (χ3n) is 5.40. The fourth-order valence-electron chi connectivity index (χ4n) is 3.87. The van der Waals surface area contributed by atoms with Crippen LogP contribution in [0.1, 0.15) is 48.2 Å². The van der Waals surface area contributed by atoms with Gasteiger partial charge in [0.15, 0.2) is 5.13 Å². The second kappa shape index (κ2) is 9.20. The maximum atomic E-state index is 13.3. The number of amides is 1. The Morgan fingerprint density at radius 1 is 1.25 bits per heavy atom. The van der Waals surface area contributed by atoms with E-state index >= 15 is 0 Å². The van der Waals surface area contributed by atoms with Gasteiger partial charge in [0, 0.05) is 30.7 Å². The molecule has 0 radical (unpaired) electrons. The predicted octanol–water partition coefficient (Wildman–Crippen LogP) is 4.00. The first-order chi connectivity index (χ1) is 13.7. The first-order valence-electron chi connectivity index (χ1n) is 9.90. The molecular formula is C20H25ClN4O2S. The molecule has 2 aromatic heterocycles. The lowest BCUT2D eigenvalue weighted by molar-refractivity contribution is 0.0611. The summed E-state index contributed by atoms with van der Waals surface area (Å²) in [5.41, 5.74) is 1.53. The molecule has 1 aliphatic heterocycles. The van der Waals surface area contributed by atoms with E-state index in [0.717, 1.165) is 50.0 Å². The molecule has 0 spiro atoms. The van der Waals surface area contributed by atoms with Crippen LogP contribution in [-0.2, 0) is 11.3 Å². The average molecular weight is 421 g/mol. The Morgan fingerprint density at radius 3 is 2.75 bits per heavy atom. The fourth-order valence-corrected chi connectivity index (χ4v) is 4.85. The molecule has 2 fully saturated rings. The summed E-state index contributed by atoms with van der Waals surface area (Å²) in [6.07, 6.45) is 7.26. The molecule has 1 aliphatic carbocycles. The standard InChI is InChI=1S/C20H25ClN4O2S/c21-18-7-6-15(12-22-18)19(26)25(17-4-2-1-3-5-17)13-16-14-28-20(23-16)24-8-10-27-11-9-24/h6-7,12,14,17H,1-5,8-11,13H2. The van der Waals surface area contributed by atoms with E-state index in [1.165, 1.54) is 19.3 Å². The van der Waals surface area contributed by atoms with Gasteiger partial charge < -0.3 is 14.5 Å². The fraction of sp³-hybridized carbons (Fsp3) is 0.550. The summed E-state index contributed by atoms with van der Waals surface area (Å²) in [5.74, 6) is 0.0111. The highest BCUT2D eigenvalue weighted by Crippen LogP contribution is 2.28. The molecule has 8 heteroatoms. The van der Waals surface area contributed by atoms with Crippen LogP contribution in [-0.4, -0.2) is 53.1 Å². The molecule has 0 N–H and O–H groups in total. The van der Waals surface area contributed by atoms with E-state index in [2.05, 4.69) is 15.3 Å². The second-order valence-corrected chi connectivity index (χ2v) is 8.54. The van der Waals surface area contributed by atoms with Crippen LogP contribution >= 0.6 is 22.9 Å². The molecule has 0 bridgehead atoms. The summed E-state index contributed by atoms with van der Waals surface area (Å²) in [7, 11) is 0. The quantitative estimate of drug-likeness (QED) is 0.684. The van der Waals surface area contributed by atoms with Crippen LogP contribution in [0.4, 0.5) is 5.13 Å². The van der Waals surface area contributed by atoms with Crippen molar-refractivity contribution in [1.82, 2.24) is 14.9 Å². The normalized spacial score (nSPS) is 18.2. The first kappa shape index (κ1) is 19.6. The minimum absolute atomic E-state index is 0.0111. The highest BCUT2D eigenvalue weighted by Gasteiger charge is 2.27. The number of pyridine rings is 1.